The van der Waals surface area contributed by atoms with E-state index < -0.39 is 12.1 Å². The van der Waals surface area contributed by atoms with Gasteiger partial charge in [0.25, 0.3) is 0 Å². The maximum atomic E-state index is 9.49. The van der Waals surface area contributed by atoms with Gasteiger partial charge in [0.2, 0.25) is 0 Å². The summed E-state index contributed by atoms with van der Waals surface area (Å²) in [5.41, 5.74) is 6.75. The van der Waals surface area contributed by atoms with Crippen molar-refractivity contribution in [2.45, 2.75) is 19.1 Å². The van der Waals surface area contributed by atoms with Crippen LogP contribution in [0.3, 0.4) is 0 Å². The second kappa shape index (κ2) is 7.14. The average Bonchev–Trinajstić information content (AvgIpc) is 2.39. The fourth-order valence-corrected chi connectivity index (χ4v) is 1.69. The summed E-state index contributed by atoms with van der Waals surface area (Å²) in [7, 11) is 0. The van der Waals surface area contributed by atoms with Gasteiger partial charge < -0.3 is 15.6 Å². The lowest BCUT2D eigenvalue weighted by Gasteiger charge is -2.16. The number of ether oxygens (including phenoxy) is 1. The van der Waals surface area contributed by atoms with Gasteiger partial charge >= 0.3 is 0 Å². The first-order valence-corrected chi connectivity index (χ1v) is 5.93. The summed E-state index contributed by atoms with van der Waals surface area (Å²) in [5, 5.41) is 9.49. The van der Waals surface area contributed by atoms with Crippen LogP contribution in [0.25, 0.3) is 0 Å². The molecule has 0 aliphatic rings. The number of aliphatic hydroxyl groups is 1. The van der Waals surface area contributed by atoms with Gasteiger partial charge in [-0.05, 0) is 36.8 Å². The van der Waals surface area contributed by atoms with Crippen LogP contribution in [0.4, 0.5) is 0 Å². The van der Waals surface area contributed by atoms with Gasteiger partial charge in [0.1, 0.15) is 11.5 Å². The lowest BCUT2D eigenvalue weighted by atomic mass is 10.0. The van der Waals surface area contributed by atoms with Gasteiger partial charge in [-0.2, -0.15) is 0 Å². The summed E-state index contributed by atoms with van der Waals surface area (Å²) < 4.78 is 5.71. The van der Waals surface area contributed by atoms with Crippen molar-refractivity contribution in [2.24, 2.45) is 5.73 Å². The minimum absolute atomic E-state index is 0. The molecule has 0 spiro atoms. The van der Waals surface area contributed by atoms with Crippen LogP contribution in [-0.4, -0.2) is 11.2 Å². The van der Waals surface area contributed by atoms with E-state index >= 15 is 0 Å². The zero-order chi connectivity index (χ0) is 13.0. The van der Waals surface area contributed by atoms with Crippen LogP contribution in [0.15, 0.2) is 54.6 Å². The summed E-state index contributed by atoms with van der Waals surface area (Å²) >= 11 is 0. The SMILES string of the molecule is C[C@@H](O)[C@@H](N)c1cccc(Oc2ccccc2)c1.Cl. The number of hydrogen-bond acceptors (Lipinski definition) is 3. The predicted molar refractivity (Wildman–Crippen MR) is 78.8 cm³/mol. The molecule has 0 heterocycles. The third-order valence-electron chi connectivity index (χ3n) is 2.74. The van der Waals surface area contributed by atoms with Gasteiger partial charge in [0, 0.05) is 0 Å². The van der Waals surface area contributed by atoms with Crippen molar-refractivity contribution >= 4 is 12.4 Å². The van der Waals surface area contributed by atoms with Crippen LogP contribution < -0.4 is 10.5 Å². The first kappa shape index (κ1) is 15.5. The lowest BCUT2D eigenvalue weighted by molar-refractivity contribution is 0.164. The highest BCUT2D eigenvalue weighted by Crippen LogP contribution is 2.24. The molecule has 0 saturated heterocycles. The van der Waals surface area contributed by atoms with Crippen molar-refractivity contribution < 1.29 is 9.84 Å². The first-order valence-electron chi connectivity index (χ1n) is 5.93. The molecule has 0 fully saturated rings. The summed E-state index contributed by atoms with van der Waals surface area (Å²) in [4.78, 5) is 0. The zero-order valence-corrected chi connectivity index (χ0v) is 11.5. The van der Waals surface area contributed by atoms with Crippen LogP contribution in [0, 0.1) is 0 Å². The van der Waals surface area contributed by atoms with Gasteiger partial charge in [-0.15, -0.1) is 12.4 Å². The smallest absolute Gasteiger partial charge is 0.127 e. The Kier molecular flexibility index (Phi) is 5.83. The fraction of sp³-hybridized carbons (Fsp3) is 0.200. The molecule has 0 bridgehead atoms. The van der Waals surface area contributed by atoms with E-state index in [1.807, 2.05) is 54.6 Å². The van der Waals surface area contributed by atoms with Gasteiger partial charge in [-0.3, -0.25) is 0 Å². The van der Waals surface area contributed by atoms with Gasteiger partial charge in [0.05, 0.1) is 12.1 Å². The number of rotatable bonds is 4. The number of hydrogen-bond donors (Lipinski definition) is 2. The third kappa shape index (κ3) is 4.24. The summed E-state index contributed by atoms with van der Waals surface area (Å²) in [6, 6.07) is 16.6. The predicted octanol–water partition coefficient (Wildman–Crippen LogP) is 3.28. The standard InChI is InChI=1S/C15H17NO2.ClH/c1-11(17)15(16)12-6-5-9-14(10-12)18-13-7-3-2-4-8-13;/h2-11,15,17H,16H2,1H3;1H/t11-,15-;/m1./s1. The third-order valence-corrected chi connectivity index (χ3v) is 2.74. The Morgan fingerprint density at radius 2 is 1.63 bits per heavy atom. The molecule has 2 atom stereocenters. The minimum atomic E-state index is -0.586. The number of halogens is 1. The molecule has 0 saturated carbocycles. The van der Waals surface area contributed by atoms with Crippen molar-refractivity contribution in [1.82, 2.24) is 0 Å². The fourth-order valence-electron chi connectivity index (χ4n) is 1.69. The van der Waals surface area contributed by atoms with Crippen molar-refractivity contribution in [2.75, 3.05) is 0 Å². The Morgan fingerprint density at radius 3 is 2.26 bits per heavy atom. The van der Waals surface area contributed by atoms with Gasteiger partial charge in [-0.1, -0.05) is 30.3 Å². The number of benzene rings is 2. The van der Waals surface area contributed by atoms with Crippen LogP contribution in [0.1, 0.15) is 18.5 Å². The quantitative estimate of drug-likeness (QED) is 0.903. The van der Waals surface area contributed by atoms with E-state index in [-0.39, 0.29) is 12.4 Å². The molecule has 3 nitrogen and oxygen atoms in total. The van der Waals surface area contributed by atoms with E-state index in [2.05, 4.69) is 0 Å². The Hall–Kier alpha value is -1.55. The number of aliphatic hydroxyl groups excluding tert-OH is 1. The Bertz CT molecular complexity index is 503. The van der Waals surface area contributed by atoms with Gasteiger partial charge in [0.15, 0.2) is 0 Å². The molecule has 0 amide bonds. The molecule has 4 heteroatoms. The number of para-hydroxylation sites is 1. The van der Waals surface area contributed by atoms with Crippen LogP contribution in [0.5, 0.6) is 11.5 Å². The lowest BCUT2D eigenvalue weighted by Crippen LogP contribution is -2.22. The molecule has 19 heavy (non-hydrogen) atoms. The summed E-state index contributed by atoms with van der Waals surface area (Å²) in [6.45, 7) is 1.68. The second-order valence-electron chi connectivity index (χ2n) is 4.25. The zero-order valence-electron chi connectivity index (χ0n) is 10.7. The molecular weight excluding hydrogens is 262 g/mol. The average molecular weight is 280 g/mol. The summed E-state index contributed by atoms with van der Waals surface area (Å²) in [6.07, 6.45) is -0.586. The summed E-state index contributed by atoms with van der Waals surface area (Å²) in [5.74, 6) is 1.50. The van der Waals surface area contributed by atoms with Crippen molar-refractivity contribution in [1.29, 1.82) is 0 Å². The van der Waals surface area contributed by atoms with Gasteiger partial charge in [-0.25, -0.2) is 0 Å². The Morgan fingerprint density at radius 1 is 1.00 bits per heavy atom. The largest absolute Gasteiger partial charge is 0.457 e. The van der Waals surface area contributed by atoms with E-state index in [0.29, 0.717) is 0 Å². The number of nitrogens with two attached hydrogens (primary N) is 1. The Labute approximate surface area is 119 Å². The Balaban J connectivity index is 0.00000180. The van der Waals surface area contributed by atoms with E-state index in [4.69, 9.17) is 10.5 Å². The first-order chi connectivity index (χ1) is 8.66. The van der Waals surface area contributed by atoms with Crippen molar-refractivity contribution in [3.8, 4) is 11.5 Å². The van der Waals surface area contributed by atoms with E-state index in [0.717, 1.165) is 17.1 Å². The maximum absolute atomic E-state index is 9.49. The molecule has 2 rings (SSSR count). The molecule has 0 aliphatic carbocycles. The van der Waals surface area contributed by atoms with Crippen molar-refractivity contribution in [3.63, 3.8) is 0 Å². The molecule has 0 aromatic heterocycles. The monoisotopic (exact) mass is 279 g/mol. The molecule has 0 radical (unpaired) electrons. The molecular formula is C15H18ClNO2. The highest BCUT2D eigenvalue weighted by Gasteiger charge is 2.12. The van der Waals surface area contributed by atoms with Crippen LogP contribution in [0.2, 0.25) is 0 Å². The van der Waals surface area contributed by atoms with Crippen molar-refractivity contribution in [3.05, 3.63) is 60.2 Å². The molecule has 2 aromatic rings. The minimum Gasteiger partial charge on any atom is -0.457 e. The van der Waals surface area contributed by atoms with E-state index in [9.17, 15) is 5.11 Å². The van der Waals surface area contributed by atoms with E-state index in [1.54, 1.807) is 6.92 Å². The maximum Gasteiger partial charge on any atom is 0.127 e. The molecule has 102 valence electrons. The normalized spacial score (nSPS) is 13.2. The highest BCUT2D eigenvalue weighted by atomic mass is 35.5. The highest BCUT2D eigenvalue weighted by molar-refractivity contribution is 5.85. The second-order valence-corrected chi connectivity index (χ2v) is 4.25. The molecule has 0 aliphatic heterocycles. The van der Waals surface area contributed by atoms with E-state index in [1.165, 1.54) is 0 Å². The van der Waals surface area contributed by atoms with Crippen LogP contribution in [-0.2, 0) is 0 Å². The molecule has 2 aromatic carbocycles. The van der Waals surface area contributed by atoms with Crippen LogP contribution >= 0.6 is 12.4 Å². The molecule has 0 unspecified atom stereocenters. The molecule has 3 N–H and O–H groups in total. The topological polar surface area (TPSA) is 55.5 Å².